The van der Waals surface area contributed by atoms with E-state index in [1.807, 2.05) is 24.3 Å². The van der Waals surface area contributed by atoms with Crippen molar-refractivity contribution in [1.29, 1.82) is 0 Å². The number of amides is 1. The number of nitrogens with one attached hydrogen (secondary N) is 2. The Balaban J connectivity index is 1.44. The van der Waals surface area contributed by atoms with E-state index in [0.717, 1.165) is 11.3 Å². The molecule has 1 amide bonds. The van der Waals surface area contributed by atoms with Crippen LogP contribution in [0.3, 0.4) is 0 Å². The molecule has 0 unspecified atom stereocenters. The molecule has 4 rings (SSSR count). The van der Waals surface area contributed by atoms with E-state index in [9.17, 15) is 4.79 Å². The topological polar surface area (TPSA) is 66.9 Å². The summed E-state index contributed by atoms with van der Waals surface area (Å²) in [4.78, 5) is 21.2. The molecule has 2 heterocycles. The minimum Gasteiger partial charge on any atom is -0.365 e. The number of hydrogen-bond donors (Lipinski definition) is 2. The number of nitrogens with zero attached hydrogens (tertiary/aromatic N) is 2. The zero-order valence-electron chi connectivity index (χ0n) is 16.7. The molecular weight excluding hydrogens is 360 g/mol. The van der Waals surface area contributed by atoms with Gasteiger partial charge in [0.05, 0.1) is 5.56 Å². The van der Waals surface area contributed by atoms with E-state index in [2.05, 4.69) is 39.7 Å². The molecule has 2 N–H and O–H groups in total. The first-order chi connectivity index (χ1) is 14.1. The Labute approximate surface area is 171 Å². The van der Waals surface area contributed by atoms with Gasteiger partial charge in [-0.05, 0) is 65.8 Å². The van der Waals surface area contributed by atoms with Crippen LogP contribution in [-0.2, 0) is 12.0 Å². The van der Waals surface area contributed by atoms with E-state index in [-0.39, 0.29) is 11.3 Å². The lowest BCUT2D eigenvalue weighted by Crippen LogP contribution is -2.18. The molecule has 1 aliphatic carbocycles. The van der Waals surface area contributed by atoms with Crippen LogP contribution in [0.4, 0.5) is 11.5 Å². The maximum absolute atomic E-state index is 12.8. The monoisotopic (exact) mass is 386 g/mol. The number of benzene rings is 1. The fourth-order valence-electron chi connectivity index (χ4n) is 4.01. The van der Waals surface area contributed by atoms with Gasteiger partial charge < -0.3 is 10.6 Å². The Morgan fingerprint density at radius 3 is 2.45 bits per heavy atom. The highest BCUT2D eigenvalue weighted by molar-refractivity contribution is 6.07. The van der Waals surface area contributed by atoms with E-state index in [0.29, 0.717) is 17.9 Å². The van der Waals surface area contributed by atoms with Gasteiger partial charge in [0.25, 0.3) is 5.91 Å². The largest absolute Gasteiger partial charge is 0.365 e. The minimum absolute atomic E-state index is 0.171. The van der Waals surface area contributed by atoms with Crippen LogP contribution in [0.15, 0.2) is 67.1 Å². The smallest absolute Gasteiger partial charge is 0.259 e. The second kappa shape index (κ2) is 8.43. The van der Waals surface area contributed by atoms with Gasteiger partial charge in [0.1, 0.15) is 5.82 Å². The summed E-state index contributed by atoms with van der Waals surface area (Å²) in [5.41, 5.74) is 4.02. The predicted molar refractivity (Wildman–Crippen MR) is 116 cm³/mol. The maximum atomic E-state index is 12.8. The molecule has 1 fully saturated rings. The average Bonchev–Trinajstić information content (AvgIpc) is 3.21. The van der Waals surface area contributed by atoms with Gasteiger partial charge in [0.15, 0.2) is 0 Å². The van der Waals surface area contributed by atoms with Crippen LogP contribution in [0.25, 0.3) is 0 Å². The zero-order chi connectivity index (χ0) is 20.1. The van der Waals surface area contributed by atoms with Crippen molar-refractivity contribution in [2.45, 2.75) is 44.6 Å². The second-order valence-electron chi connectivity index (χ2n) is 7.91. The lowest BCUT2D eigenvalue weighted by Gasteiger charge is -2.24. The number of hydrogen-bond acceptors (Lipinski definition) is 4. The Bertz CT molecular complexity index is 964. The molecule has 2 aromatic heterocycles. The number of rotatable bonds is 6. The molecule has 29 heavy (non-hydrogen) atoms. The first-order valence-corrected chi connectivity index (χ1v) is 10.1. The summed E-state index contributed by atoms with van der Waals surface area (Å²) in [6.45, 7) is 2.91. The Hall–Kier alpha value is -3.21. The summed E-state index contributed by atoms with van der Waals surface area (Å²) >= 11 is 0. The molecule has 148 valence electrons. The number of carbonyl (C=O) groups is 1. The maximum Gasteiger partial charge on any atom is 0.259 e. The van der Waals surface area contributed by atoms with Gasteiger partial charge in [-0.2, -0.15) is 0 Å². The fourth-order valence-corrected chi connectivity index (χ4v) is 4.01. The van der Waals surface area contributed by atoms with Gasteiger partial charge in [0, 0.05) is 30.8 Å². The summed E-state index contributed by atoms with van der Waals surface area (Å²) in [5, 5.41) is 6.25. The highest BCUT2D eigenvalue weighted by Crippen LogP contribution is 2.40. The SMILES string of the molecule is CC1(c2ccc(NC(=O)c3cccnc3NCc3ccncc3)cc2)CCCC1. The van der Waals surface area contributed by atoms with Gasteiger partial charge in [-0.25, -0.2) is 4.98 Å². The summed E-state index contributed by atoms with van der Waals surface area (Å²) in [5.74, 6) is 0.395. The molecule has 3 aromatic rings. The lowest BCUT2D eigenvalue weighted by molar-refractivity contribution is 0.102. The quantitative estimate of drug-likeness (QED) is 0.613. The van der Waals surface area contributed by atoms with Crippen molar-refractivity contribution in [3.63, 3.8) is 0 Å². The standard InChI is InChI=1S/C24H26N4O/c1-24(12-2-3-13-24)19-6-8-20(9-7-19)28-23(29)21-5-4-14-26-22(21)27-17-18-10-15-25-16-11-18/h4-11,14-16H,2-3,12-13,17H2,1H3,(H,26,27)(H,28,29). The van der Waals surface area contributed by atoms with Crippen molar-refractivity contribution in [1.82, 2.24) is 9.97 Å². The molecule has 0 atom stereocenters. The molecule has 0 spiro atoms. The summed E-state index contributed by atoms with van der Waals surface area (Å²) in [6, 6.07) is 15.7. The minimum atomic E-state index is -0.171. The van der Waals surface area contributed by atoms with Crippen LogP contribution in [0, 0.1) is 0 Å². The van der Waals surface area contributed by atoms with Crippen molar-refractivity contribution in [3.05, 3.63) is 83.8 Å². The van der Waals surface area contributed by atoms with E-state index in [1.165, 1.54) is 31.2 Å². The fraction of sp³-hybridized carbons (Fsp3) is 0.292. The molecule has 5 nitrogen and oxygen atoms in total. The van der Waals surface area contributed by atoms with Crippen LogP contribution < -0.4 is 10.6 Å². The van der Waals surface area contributed by atoms with Gasteiger partial charge in [0.2, 0.25) is 0 Å². The molecule has 0 aliphatic heterocycles. The summed E-state index contributed by atoms with van der Waals surface area (Å²) in [7, 11) is 0. The van der Waals surface area contributed by atoms with E-state index in [4.69, 9.17) is 0 Å². The van der Waals surface area contributed by atoms with Crippen LogP contribution in [0.2, 0.25) is 0 Å². The van der Waals surface area contributed by atoms with Crippen LogP contribution in [0.5, 0.6) is 0 Å². The molecular formula is C24H26N4O. The molecule has 1 saturated carbocycles. The molecule has 0 saturated heterocycles. The zero-order valence-corrected chi connectivity index (χ0v) is 16.7. The van der Waals surface area contributed by atoms with Gasteiger partial charge in [-0.15, -0.1) is 0 Å². The summed E-state index contributed by atoms with van der Waals surface area (Å²) in [6.07, 6.45) is 10.2. The van der Waals surface area contributed by atoms with E-state index >= 15 is 0 Å². The molecule has 1 aromatic carbocycles. The van der Waals surface area contributed by atoms with E-state index < -0.39 is 0 Å². The number of aromatic nitrogens is 2. The van der Waals surface area contributed by atoms with Crippen LogP contribution in [0.1, 0.15) is 54.1 Å². The van der Waals surface area contributed by atoms with Crippen molar-refractivity contribution in [3.8, 4) is 0 Å². The Morgan fingerprint density at radius 1 is 1.00 bits per heavy atom. The Kier molecular flexibility index (Phi) is 5.56. The highest BCUT2D eigenvalue weighted by Gasteiger charge is 2.30. The van der Waals surface area contributed by atoms with Crippen molar-refractivity contribution < 1.29 is 4.79 Å². The third-order valence-electron chi connectivity index (χ3n) is 5.81. The second-order valence-corrected chi connectivity index (χ2v) is 7.91. The third-order valence-corrected chi connectivity index (χ3v) is 5.81. The normalized spacial score (nSPS) is 15.1. The van der Waals surface area contributed by atoms with Crippen molar-refractivity contribution >= 4 is 17.4 Å². The van der Waals surface area contributed by atoms with Gasteiger partial charge in [-0.1, -0.05) is 31.9 Å². The summed E-state index contributed by atoms with van der Waals surface area (Å²) < 4.78 is 0. The molecule has 1 aliphatic rings. The highest BCUT2D eigenvalue weighted by atomic mass is 16.1. The first kappa shape index (κ1) is 19.1. The number of pyridine rings is 2. The van der Waals surface area contributed by atoms with Crippen molar-refractivity contribution in [2.24, 2.45) is 0 Å². The molecule has 0 bridgehead atoms. The van der Waals surface area contributed by atoms with E-state index in [1.54, 1.807) is 30.7 Å². The molecule has 5 heteroatoms. The van der Waals surface area contributed by atoms with Crippen LogP contribution in [-0.4, -0.2) is 15.9 Å². The third kappa shape index (κ3) is 4.45. The van der Waals surface area contributed by atoms with Crippen molar-refractivity contribution in [2.75, 3.05) is 10.6 Å². The predicted octanol–water partition coefficient (Wildman–Crippen LogP) is 5.17. The Morgan fingerprint density at radius 2 is 1.72 bits per heavy atom. The molecule has 0 radical (unpaired) electrons. The lowest BCUT2D eigenvalue weighted by atomic mass is 9.81. The van der Waals surface area contributed by atoms with Gasteiger partial charge in [-0.3, -0.25) is 9.78 Å². The average molecular weight is 386 g/mol. The number of anilines is 2. The van der Waals surface area contributed by atoms with Gasteiger partial charge >= 0.3 is 0 Å². The first-order valence-electron chi connectivity index (χ1n) is 10.1. The number of carbonyl (C=O) groups excluding carboxylic acids is 1. The van der Waals surface area contributed by atoms with Crippen LogP contribution >= 0.6 is 0 Å².